The molecule has 1 aromatic carbocycles. The van der Waals surface area contributed by atoms with Crippen LogP contribution in [0.5, 0.6) is 0 Å². The summed E-state index contributed by atoms with van der Waals surface area (Å²) in [5, 5.41) is 5.36. The van der Waals surface area contributed by atoms with E-state index in [1.807, 2.05) is 42.2 Å². The molecule has 1 N–H and O–H groups in total. The highest BCUT2D eigenvalue weighted by molar-refractivity contribution is 9.10. The highest BCUT2D eigenvalue weighted by Gasteiger charge is 2.13. The Bertz CT molecular complexity index is 1460. The molecule has 0 aliphatic carbocycles. The van der Waals surface area contributed by atoms with Crippen molar-refractivity contribution in [2.75, 3.05) is 12.4 Å². The average molecular weight is 492 g/mol. The van der Waals surface area contributed by atoms with Gasteiger partial charge in [-0.15, -0.1) is 0 Å². The molecule has 4 aromatic heterocycles. The molecule has 152 valence electrons. The fraction of sp³-hybridized carbons (Fsp3) is 0.0435. The molecule has 0 radical (unpaired) electrons. The van der Waals surface area contributed by atoms with Crippen molar-refractivity contribution in [1.29, 1.82) is 0 Å². The molecule has 0 saturated carbocycles. The molecule has 5 aromatic rings. The predicted molar refractivity (Wildman–Crippen MR) is 130 cm³/mol. The van der Waals surface area contributed by atoms with E-state index < -0.39 is 0 Å². The van der Waals surface area contributed by atoms with Crippen molar-refractivity contribution in [1.82, 2.24) is 24.5 Å². The lowest BCUT2D eigenvalue weighted by atomic mass is 10.1. The normalized spacial score (nSPS) is 11.6. The van der Waals surface area contributed by atoms with Gasteiger partial charge in [0.05, 0.1) is 22.8 Å². The standard InChI is InChI=1S/C23H16BrClN6/c1-26-20-7-6-16-5-4-14(9-19(16)30-20)2-3-15-8-17(11-27-10-15)31-12-18(24)21-22(25)28-13-29-23(21)31/h2-13H,1H3,(H,26,30)/b3-2+. The third-order valence-electron chi connectivity index (χ3n) is 4.95. The fourth-order valence-corrected chi connectivity index (χ4v) is 4.33. The summed E-state index contributed by atoms with van der Waals surface area (Å²) in [6.07, 6.45) is 11.1. The van der Waals surface area contributed by atoms with E-state index in [1.165, 1.54) is 6.33 Å². The second-order valence-electron chi connectivity index (χ2n) is 6.92. The van der Waals surface area contributed by atoms with Gasteiger partial charge in [-0.25, -0.2) is 15.0 Å². The topological polar surface area (TPSA) is 68.5 Å². The third kappa shape index (κ3) is 3.78. The quantitative estimate of drug-likeness (QED) is 0.313. The van der Waals surface area contributed by atoms with Crippen molar-refractivity contribution in [2.24, 2.45) is 0 Å². The van der Waals surface area contributed by atoms with E-state index in [4.69, 9.17) is 11.6 Å². The number of halogens is 2. The van der Waals surface area contributed by atoms with Crippen LogP contribution in [0.3, 0.4) is 0 Å². The fourth-order valence-electron chi connectivity index (χ4n) is 3.42. The van der Waals surface area contributed by atoms with Crippen LogP contribution in [-0.2, 0) is 0 Å². The molecular weight excluding hydrogens is 476 g/mol. The van der Waals surface area contributed by atoms with Crippen LogP contribution in [0, 0.1) is 0 Å². The molecule has 8 heteroatoms. The number of aromatic nitrogens is 5. The van der Waals surface area contributed by atoms with Crippen LogP contribution in [0.1, 0.15) is 11.1 Å². The van der Waals surface area contributed by atoms with Gasteiger partial charge in [0.1, 0.15) is 17.3 Å². The maximum atomic E-state index is 6.24. The van der Waals surface area contributed by atoms with Crippen LogP contribution in [0.25, 0.3) is 39.8 Å². The van der Waals surface area contributed by atoms with Gasteiger partial charge in [-0.2, -0.15) is 0 Å². The Morgan fingerprint density at radius 2 is 1.87 bits per heavy atom. The molecule has 0 aliphatic heterocycles. The second-order valence-corrected chi connectivity index (χ2v) is 8.13. The molecular formula is C23H16BrClN6. The molecule has 5 rings (SSSR count). The first kappa shape index (κ1) is 19.7. The summed E-state index contributed by atoms with van der Waals surface area (Å²) in [5.41, 5.74) is 4.57. The monoisotopic (exact) mass is 490 g/mol. The zero-order valence-corrected chi connectivity index (χ0v) is 18.8. The summed E-state index contributed by atoms with van der Waals surface area (Å²) in [6.45, 7) is 0. The summed E-state index contributed by atoms with van der Waals surface area (Å²) < 4.78 is 2.77. The zero-order chi connectivity index (χ0) is 21.4. The zero-order valence-electron chi connectivity index (χ0n) is 16.4. The second kappa shape index (κ2) is 8.09. The van der Waals surface area contributed by atoms with Crippen molar-refractivity contribution < 1.29 is 0 Å². The van der Waals surface area contributed by atoms with Crippen molar-refractivity contribution in [3.8, 4) is 5.69 Å². The van der Waals surface area contributed by atoms with Gasteiger partial charge < -0.3 is 5.32 Å². The van der Waals surface area contributed by atoms with E-state index in [1.54, 1.807) is 6.20 Å². The van der Waals surface area contributed by atoms with Gasteiger partial charge >= 0.3 is 0 Å². The molecule has 0 amide bonds. The molecule has 0 saturated heterocycles. The molecule has 0 atom stereocenters. The lowest BCUT2D eigenvalue weighted by molar-refractivity contribution is 1.06. The van der Waals surface area contributed by atoms with Crippen LogP contribution in [0.2, 0.25) is 5.15 Å². The van der Waals surface area contributed by atoms with Crippen molar-refractivity contribution >= 4 is 67.4 Å². The summed E-state index contributed by atoms with van der Waals surface area (Å²) in [7, 11) is 1.87. The lowest BCUT2D eigenvalue weighted by Crippen LogP contribution is -1.95. The van der Waals surface area contributed by atoms with Gasteiger partial charge in [-0.3, -0.25) is 9.55 Å². The van der Waals surface area contributed by atoms with E-state index >= 15 is 0 Å². The lowest BCUT2D eigenvalue weighted by Gasteiger charge is -2.05. The van der Waals surface area contributed by atoms with Crippen LogP contribution in [0.4, 0.5) is 5.82 Å². The Morgan fingerprint density at radius 1 is 1.03 bits per heavy atom. The minimum atomic E-state index is 0.408. The minimum absolute atomic E-state index is 0.408. The van der Waals surface area contributed by atoms with E-state index in [-0.39, 0.29) is 0 Å². The molecule has 0 unspecified atom stereocenters. The van der Waals surface area contributed by atoms with Crippen LogP contribution >= 0.6 is 27.5 Å². The Hall–Kier alpha value is -3.29. The average Bonchev–Trinajstić information content (AvgIpc) is 3.15. The minimum Gasteiger partial charge on any atom is -0.373 e. The molecule has 31 heavy (non-hydrogen) atoms. The van der Waals surface area contributed by atoms with Gasteiger partial charge in [0.25, 0.3) is 0 Å². The van der Waals surface area contributed by atoms with Gasteiger partial charge in [-0.1, -0.05) is 35.9 Å². The largest absolute Gasteiger partial charge is 0.373 e. The maximum absolute atomic E-state index is 6.24. The van der Waals surface area contributed by atoms with Crippen molar-refractivity contribution in [3.63, 3.8) is 0 Å². The Morgan fingerprint density at radius 3 is 2.74 bits per heavy atom. The maximum Gasteiger partial charge on any atom is 0.150 e. The predicted octanol–water partition coefficient (Wildman–Crippen LogP) is 5.99. The van der Waals surface area contributed by atoms with E-state index in [0.29, 0.717) is 5.15 Å². The van der Waals surface area contributed by atoms with Crippen LogP contribution in [0.15, 0.2) is 65.8 Å². The number of pyridine rings is 2. The number of anilines is 1. The van der Waals surface area contributed by atoms with Gasteiger partial charge in [0, 0.05) is 29.3 Å². The number of hydrogen-bond donors (Lipinski definition) is 1. The molecule has 0 spiro atoms. The number of fused-ring (bicyclic) bond motifs is 2. The summed E-state index contributed by atoms with van der Waals surface area (Å²) in [4.78, 5) is 17.5. The SMILES string of the molecule is CNc1ccc2ccc(/C=C/c3cncc(-n4cc(Br)c5c(Cl)ncnc54)c3)cc2n1. The van der Waals surface area contributed by atoms with Crippen molar-refractivity contribution in [3.05, 3.63) is 82.1 Å². The number of benzene rings is 1. The number of rotatable bonds is 4. The summed E-state index contributed by atoms with van der Waals surface area (Å²) >= 11 is 9.79. The smallest absolute Gasteiger partial charge is 0.150 e. The number of hydrogen-bond acceptors (Lipinski definition) is 5. The third-order valence-corrected chi connectivity index (χ3v) is 5.84. The Kier molecular flexibility index (Phi) is 5.13. The van der Waals surface area contributed by atoms with Crippen molar-refractivity contribution in [2.45, 2.75) is 0 Å². The van der Waals surface area contributed by atoms with Crippen LogP contribution in [-0.4, -0.2) is 31.6 Å². The first-order valence-corrected chi connectivity index (χ1v) is 10.7. The number of nitrogens with one attached hydrogen (secondary N) is 1. The molecule has 0 bridgehead atoms. The first-order valence-electron chi connectivity index (χ1n) is 9.51. The van der Waals surface area contributed by atoms with E-state index in [0.717, 1.165) is 49.0 Å². The van der Waals surface area contributed by atoms with Gasteiger partial charge in [0.15, 0.2) is 5.65 Å². The first-order chi connectivity index (χ1) is 15.1. The summed E-state index contributed by atoms with van der Waals surface area (Å²) in [5.74, 6) is 0.847. The molecule has 0 aliphatic rings. The van der Waals surface area contributed by atoms with E-state index in [2.05, 4.69) is 71.5 Å². The highest BCUT2D eigenvalue weighted by atomic mass is 79.9. The van der Waals surface area contributed by atoms with Gasteiger partial charge in [-0.05, 0) is 51.3 Å². The Labute approximate surface area is 191 Å². The molecule has 4 heterocycles. The molecule has 6 nitrogen and oxygen atoms in total. The Balaban J connectivity index is 1.49. The number of nitrogens with zero attached hydrogens (tertiary/aromatic N) is 5. The van der Waals surface area contributed by atoms with Gasteiger partial charge in [0.2, 0.25) is 0 Å². The highest BCUT2D eigenvalue weighted by Crippen LogP contribution is 2.31. The summed E-state index contributed by atoms with van der Waals surface area (Å²) in [6, 6.07) is 12.3. The van der Waals surface area contributed by atoms with Crippen LogP contribution < -0.4 is 5.32 Å². The molecule has 0 fully saturated rings. The van der Waals surface area contributed by atoms with E-state index in [9.17, 15) is 0 Å².